The molecular weight excluding hydrogens is 252 g/mol. The number of benzene rings is 1. The minimum absolute atomic E-state index is 0.0315. The Morgan fingerprint density at radius 3 is 2.33 bits per heavy atom. The quantitative estimate of drug-likeness (QED) is 0.693. The zero-order valence-electron chi connectivity index (χ0n) is 10.6. The second-order valence-electron chi connectivity index (χ2n) is 4.34. The van der Waals surface area contributed by atoms with Crippen molar-refractivity contribution >= 4 is 11.6 Å². The Hall–Kier alpha value is -0.650. The number of halogens is 1. The Bertz CT molecular complexity index is 355. The molecule has 0 fully saturated rings. The van der Waals surface area contributed by atoms with Crippen LogP contribution in [-0.4, -0.2) is 47.5 Å². The first-order chi connectivity index (χ1) is 8.60. The van der Waals surface area contributed by atoms with E-state index < -0.39 is 0 Å². The van der Waals surface area contributed by atoms with Crippen molar-refractivity contribution in [3.8, 4) is 0 Å². The molecule has 4 nitrogen and oxygen atoms in total. The third kappa shape index (κ3) is 4.23. The molecule has 0 aliphatic heterocycles. The van der Waals surface area contributed by atoms with Crippen LogP contribution in [0.2, 0.25) is 5.02 Å². The Kier molecular flexibility index (Phi) is 6.60. The van der Waals surface area contributed by atoms with Gasteiger partial charge in [0.05, 0.1) is 13.2 Å². The van der Waals surface area contributed by atoms with E-state index in [1.807, 2.05) is 36.1 Å². The van der Waals surface area contributed by atoms with E-state index >= 15 is 0 Å². The van der Waals surface area contributed by atoms with E-state index in [0.717, 1.165) is 5.56 Å². The van der Waals surface area contributed by atoms with Crippen molar-refractivity contribution in [1.82, 2.24) is 4.90 Å². The van der Waals surface area contributed by atoms with E-state index in [1.165, 1.54) is 0 Å². The lowest BCUT2D eigenvalue weighted by Crippen LogP contribution is -2.42. The third-order valence-electron chi connectivity index (χ3n) is 2.86. The van der Waals surface area contributed by atoms with Gasteiger partial charge in [0.2, 0.25) is 0 Å². The molecule has 5 heteroatoms. The predicted octanol–water partition coefficient (Wildman–Crippen LogP) is 1.01. The topological polar surface area (TPSA) is 69.7 Å². The number of aliphatic hydroxyl groups excluding tert-OH is 2. The molecule has 0 aliphatic carbocycles. The van der Waals surface area contributed by atoms with Gasteiger partial charge >= 0.3 is 0 Å². The fourth-order valence-corrected chi connectivity index (χ4v) is 2.38. The first-order valence-electron chi connectivity index (χ1n) is 6.07. The second-order valence-corrected chi connectivity index (χ2v) is 4.78. The van der Waals surface area contributed by atoms with E-state index in [2.05, 4.69) is 0 Å². The molecule has 0 saturated heterocycles. The smallest absolute Gasteiger partial charge is 0.0558 e. The summed E-state index contributed by atoms with van der Waals surface area (Å²) < 4.78 is 0. The fraction of sp³-hybridized carbons (Fsp3) is 0.538. The van der Waals surface area contributed by atoms with E-state index in [9.17, 15) is 0 Å². The molecule has 2 unspecified atom stereocenters. The lowest BCUT2D eigenvalue weighted by molar-refractivity contribution is 0.111. The number of nitrogens with two attached hydrogens (primary N) is 1. The Labute approximate surface area is 113 Å². The lowest BCUT2D eigenvalue weighted by atomic mass is 9.99. The average Bonchev–Trinajstić information content (AvgIpc) is 2.29. The maximum absolute atomic E-state index is 9.11. The molecular formula is C13H21ClN2O2. The molecule has 0 saturated carbocycles. The Morgan fingerprint density at radius 1 is 1.28 bits per heavy atom. The summed E-state index contributed by atoms with van der Waals surface area (Å²) in [5, 5.41) is 18.9. The molecule has 0 heterocycles. The lowest BCUT2D eigenvalue weighted by Gasteiger charge is -2.33. The van der Waals surface area contributed by atoms with Crippen molar-refractivity contribution in [3.63, 3.8) is 0 Å². The second kappa shape index (κ2) is 7.71. The summed E-state index contributed by atoms with van der Waals surface area (Å²) in [4.78, 5) is 1.97. The molecule has 2 atom stereocenters. The molecule has 1 rings (SSSR count). The van der Waals surface area contributed by atoms with Gasteiger partial charge in [-0.15, -0.1) is 0 Å². The first-order valence-corrected chi connectivity index (χ1v) is 6.44. The van der Waals surface area contributed by atoms with Crippen molar-refractivity contribution in [1.29, 1.82) is 0 Å². The minimum Gasteiger partial charge on any atom is -0.395 e. The van der Waals surface area contributed by atoms with E-state index in [0.29, 0.717) is 18.1 Å². The number of nitrogens with zero attached hydrogens (tertiary/aromatic N) is 1. The van der Waals surface area contributed by atoms with Gasteiger partial charge in [0.25, 0.3) is 0 Å². The molecule has 0 aromatic heterocycles. The van der Waals surface area contributed by atoms with Crippen LogP contribution in [0.15, 0.2) is 24.3 Å². The highest BCUT2D eigenvalue weighted by molar-refractivity contribution is 6.30. The van der Waals surface area contributed by atoms with Crippen LogP contribution in [0.4, 0.5) is 0 Å². The zero-order chi connectivity index (χ0) is 13.5. The zero-order valence-corrected chi connectivity index (χ0v) is 11.3. The number of hydrogen-bond acceptors (Lipinski definition) is 4. The van der Waals surface area contributed by atoms with Crippen molar-refractivity contribution in [2.24, 2.45) is 5.73 Å². The van der Waals surface area contributed by atoms with Gasteiger partial charge in [-0.2, -0.15) is 0 Å². The molecule has 0 bridgehead atoms. The molecule has 0 aliphatic rings. The fourth-order valence-electron chi connectivity index (χ4n) is 2.18. The minimum atomic E-state index is -0.124. The number of rotatable bonds is 7. The summed E-state index contributed by atoms with van der Waals surface area (Å²) >= 11 is 5.99. The maximum atomic E-state index is 9.11. The van der Waals surface area contributed by atoms with Gasteiger partial charge in [0, 0.05) is 30.2 Å². The molecule has 4 N–H and O–H groups in total. The van der Waals surface area contributed by atoms with Gasteiger partial charge in [-0.3, -0.25) is 4.90 Å². The van der Waals surface area contributed by atoms with Crippen molar-refractivity contribution in [2.75, 3.05) is 26.3 Å². The van der Waals surface area contributed by atoms with Gasteiger partial charge in [-0.1, -0.05) is 23.7 Å². The average molecular weight is 273 g/mol. The molecule has 1 aromatic carbocycles. The summed E-state index contributed by atoms with van der Waals surface area (Å²) in [6.45, 7) is 2.92. The van der Waals surface area contributed by atoms with Crippen LogP contribution < -0.4 is 5.73 Å². The molecule has 0 amide bonds. The Balaban J connectivity index is 2.99. The summed E-state index contributed by atoms with van der Waals surface area (Å²) in [5.41, 5.74) is 7.03. The van der Waals surface area contributed by atoms with Gasteiger partial charge < -0.3 is 15.9 Å². The van der Waals surface area contributed by atoms with Crippen LogP contribution in [-0.2, 0) is 0 Å². The highest BCUT2D eigenvalue weighted by Gasteiger charge is 2.23. The SMILES string of the molecule is CC(N)C(c1cccc(Cl)c1)N(CCO)CCO. The highest BCUT2D eigenvalue weighted by atomic mass is 35.5. The van der Waals surface area contributed by atoms with E-state index in [1.54, 1.807) is 0 Å². The van der Waals surface area contributed by atoms with Crippen LogP contribution >= 0.6 is 11.6 Å². The van der Waals surface area contributed by atoms with Crippen molar-refractivity contribution in [2.45, 2.75) is 19.0 Å². The van der Waals surface area contributed by atoms with Crippen LogP contribution in [0.25, 0.3) is 0 Å². The predicted molar refractivity (Wildman–Crippen MR) is 73.6 cm³/mol. The van der Waals surface area contributed by atoms with Gasteiger partial charge in [-0.25, -0.2) is 0 Å². The normalized spacial score (nSPS) is 14.8. The summed E-state index contributed by atoms with van der Waals surface area (Å²) in [7, 11) is 0. The number of aliphatic hydroxyl groups is 2. The summed E-state index contributed by atoms with van der Waals surface area (Å²) in [6, 6.07) is 7.33. The molecule has 1 aromatic rings. The third-order valence-corrected chi connectivity index (χ3v) is 3.09. The van der Waals surface area contributed by atoms with Crippen LogP contribution in [0.1, 0.15) is 18.5 Å². The van der Waals surface area contributed by atoms with Crippen molar-refractivity contribution < 1.29 is 10.2 Å². The summed E-state index contributed by atoms with van der Waals surface area (Å²) in [5.74, 6) is 0. The van der Waals surface area contributed by atoms with Crippen molar-refractivity contribution in [3.05, 3.63) is 34.9 Å². The standard InChI is InChI=1S/C13H21ClN2O2/c1-10(15)13(16(5-7-17)6-8-18)11-3-2-4-12(14)9-11/h2-4,9-10,13,17-18H,5-8,15H2,1H3. The largest absolute Gasteiger partial charge is 0.395 e. The number of hydrogen-bond donors (Lipinski definition) is 3. The van der Waals surface area contributed by atoms with E-state index in [4.69, 9.17) is 27.5 Å². The van der Waals surface area contributed by atoms with Crippen LogP contribution in [0.5, 0.6) is 0 Å². The van der Waals surface area contributed by atoms with Gasteiger partial charge in [0.1, 0.15) is 0 Å². The Morgan fingerprint density at radius 2 is 1.89 bits per heavy atom. The summed E-state index contributed by atoms with van der Waals surface area (Å²) in [6.07, 6.45) is 0. The monoisotopic (exact) mass is 272 g/mol. The van der Waals surface area contributed by atoms with Gasteiger partial charge in [-0.05, 0) is 24.6 Å². The van der Waals surface area contributed by atoms with E-state index in [-0.39, 0.29) is 25.3 Å². The molecule has 18 heavy (non-hydrogen) atoms. The first kappa shape index (κ1) is 15.4. The highest BCUT2D eigenvalue weighted by Crippen LogP contribution is 2.25. The maximum Gasteiger partial charge on any atom is 0.0558 e. The molecule has 0 radical (unpaired) electrons. The molecule has 102 valence electrons. The van der Waals surface area contributed by atoms with Crippen LogP contribution in [0, 0.1) is 0 Å². The molecule has 0 spiro atoms. The van der Waals surface area contributed by atoms with Gasteiger partial charge in [0.15, 0.2) is 0 Å². The van der Waals surface area contributed by atoms with Crippen LogP contribution in [0.3, 0.4) is 0 Å².